The van der Waals surface area contributed by atoms with Crippen molar-refractivity contribution in [2.75, 3.05) is 18.4 Å². The number of para-hydroxylation sites is 1. The van der Waals surface area contributed by atoms with E-state index in [4.69, 9.17) is 4.98 Å². The summed E-state index contributed by atoms with van der Waals surface area (Å²) in [5.41, 5.74) is 2.11. The van der Waals surface area contributed by atoms with Gasteiger partial charge in [0.2, 0.25) is 5.95 Å². The summed E-state index contributed by atoms with van der Waals surface area (Å²) in [5, 5.41) is 6.52. The van der Waals surface area contributed by atoms with Crippen molar-refractivity contribution in [2.24, 2.45) is 10.9 Å². The minimum Gasteiger partial charge on any atom is -0.354 e. The van der Waals surface area contributed by atoms with E-state index in [2.05, 4.69) is 56.0 Å². The van der Waals surface area contributed by atoms with Gasteiger partial charge < -0.3 is 9.88 Å². The summed E-state index contributed by atoms with van der Waals surface area (Å²) in [6.45, 7) is 7.02. The van der Waals surface area contributed by atoms with Crippen LogP contribution in [0, 0.1) is 5.92 Å². The number of guanidine groups is 1. The molecule has 2 heterocycles. The van der Waals surface area contributed by atoms with Crippen LogP contribution in [0.2, 0.25) is 0 Å². The van der Waals surface area contributed by atoms with Crippen LogP contribution in [0.3, 0.4) is 0 Å². The van der Waals surface area contributed by atoms with Gasteiger partial charge in [-0.05, 0) is 34.0 Å². The predicted molar refractivity (Wildman–Crippen MR) is 86.2 cm³/mol. The molecule has 0 spiro atoms. The molecule has 5 nitrogen and oxygen atoms in total. The van der Waals surface area contributed by atoms with Crippen LogP contribution in [0.15, 0.2) is 27.7 Å². The molecule has 1 aliphatic heterocycles. The maximum Gasteiger partial charge on any atom is 0.210 e. The summed E-state index contributed by atoms with van der Waals surface area (Å²) in [5.74, 6) is 2.19. The van der Waals surface area contributed by atoms with Gasteiger partial charge in [-0.25, -0.2) is 4.98 Å². The maximum atomic E-state index is 4.69. The van der Waals surface area contributed by atoms with Crippen LogP contribution < -0.4 is 10.6 Å². The molecule has 0 fully saturated rings. The fourth-order valence-electron chi connectivity index (χ4n) is 2.37. The van der Waals surface area contributed by atoms with E-state index in [0.717, 1.165) is 47.0 Å². The lowest BCUT2D eigenvalue weighted by molar-refractivity contribution is 0.537. The minimum atomic E-state index is 0.540. The van der Waals surface area contributed by atoms with Gasteiger partial charge >= 0.3 is 0 Å². The van der Waals surface area contributed by atoms with Gasteiger partial charge in [-0.3, -0.25) is 10.3 Å². The molecule has 106 valence electrons. The lowest BCUT2D eigenvalue weighted by Gasteiger charge is -2.13. The first-order valence-electron chi connectivity index (χ1n) is 6.85. The van der Waals surface area contributed by atoms with Crippen molar-refractivity contribution in [1.29, 1.82) is 0 Å². The maximum absolute atomic E-state index is 4.69. The van der Waals surface area contributed by atoms with Crippen molar-refractivity contribution < 1.29 is 0 Å². The number of hydrogen-bond acceptors (Lipinski definition) is 4. The predicted octanol–water partition coefficient (Wildman–Crippen LogP) is 2.83. The molecule has 2 N–H and O–H groups in total. The fraction of sp³-hybridized carbons (Fsp3) is 0.429. The minimum absolute atomic E-state index is 0.540. The molecule has 1 aromatic carbocycles. The zero-order chi connectivity index (χ0) is 14.1. The zero-order valence-corrected chi connectivity index (χ0v) is 13.2. The number of imidazole rings is 1. The van der Waals surface area contributed by atoms with Gasteiger partial charge in [0.25, 0.3) is 0 Å². The van der Waals surface area contributed by atoms with E-state index in [9.17, 15) is 0 Å². The van der Waals surface area contributed by atoms with Crippen molar-refractivity contribution in [3.8, 4) is 0 Å². The number of nitrogens with zero attached hydrogens (tertiary/aromatic N) is 3. The van der Waals surface area contributed by atoms with Crippen LogP contribution in [0.4, 0.5) is 5.95 Å². The molecule has 0 unspecified atom stereocenters. The molecule has 0 bridgehead atoms. The van der Waals surface area contributed by atoms with E-state index in [0.29, 0.717) is 5.92 Å². The molecule has 1 aliphatic rings. The van der Waals surface area contributed by atoms with Crippen molar-refractivity contribution >= 4 is 38.9 Å². The first-order valence-corrected chi connectivity index (χ1v) is 7.64. The standard InChI is InChI=1S/C14H18BrN5/c1-9(2)8-20-12-10(15)4-3-5-11(12)18-14(20)19-13-16-6-7-17-13/h3-5,9H,6-8H2,1-2H3,(H2,16,17,18,19). The first-order chi connectivity index (χ1) is 9.65. The molecule has 1 aromatic heterocycles. The van der Waals surface area contributed by atoms with Gasteiger partial charge in [0, 0.05) is 17.6 Å². The highest BCUT2D eigenvalue weighted by atomic mass is 79.9. The number of halogens is 1. The van der Waals surface area contributed by atoms with Crippen LogP contribution in [0.25, 0.3) is 11.0 Å². The summed E-state index contributed by atoms with van der Waals surface area (Å²) in [6, 6.07) is 6.09. The van der Waals surface area contributed by atoms with Crippen LogP contribution in [0.5, 0.6) is 0 Å². The molecular weight excluding hydrogens is 318 g/mol. The topological polar surface area (TPSA) is 54.2 Å². The normalized spacial score (nSPS) is 14.7. The third-order valence-corrected chi connectivity index (χ3v) is 3.81. The summed E-state index contributed by atoms with van der Waals surface area (Å²) < 4.78 is 3.28. The molecular formula is C14H18BrN5. The number of aromatic nitrogens is 2. The number of anilines is 1. The van der Waals surface area contributed by atoms with Gasteiger partial charge in [0.15, 0.2) is 5.96 Å². The SMILES string of the molecule is CC(C)Cn1c(NC2=NCCN2)nc2cccc(Br)c21. The molecule has 2 aromatic rings. The van der Waals surface area contributed by atoms with Crippen LogP contribution >= 0.6 is 15.9 Å². The molecule has 3 rings (SSSR count). The van der Waals surface area contributed by atoms with Gasteiger partial charge in [-0.15, -0.1) is 0 Å². The number of fused-ring (bicyclic) bond motifs is 1. The number of nitrogens with one attached hydrogen (secondary N) is 2. The molecule has 6 heteroatoms. The number of aliphatic imine (C=N–C) groups is 1. The van der Waals surface area contributed by atoms with E-state index in [1.807, 2.05) is 12.1 Å². The van der Waals surface area contributed by atoms with Crippen molar-refractivity contribution in [3.05, 3.63) is 22.7 Å². The lowest BCUT2D eigenvalue weighted by Crippen LogP contribution is -2.28. The quantitative estimate of drug-likeness (QED) is 0.906. The molecule has 0 aliphatic carbocycles. The highest BCUT2D eigenvalue weighted by Crippen LogP contribution is 2.28. The summed E-state index contributed by atoms with van der Waals surface area (Å²) >= 11 is 3.63. The average Bonchev–Trinajstić information content (AvgIpc) is 2.99. The Morgan fingerprint density at radius 2 is 2.30 bits per heavy atom. The average molecular weight is 336 g/mol. The third kappa shape index (κ3) is 2.52. The van der Waals surface area contributed by atoms with Gasteiger partial charge in [0.05, 0.1) is 17.6 Å². The Bertz CT molecular complexity index is 659. The monoisotopic (exact) mass is 335 g/mol. The Hall–Kier alpha value is -1.56. The van der Waals surface area contributed by atoms with E-state index in [-0.39, 0.29) is 0 Å². The Morgan fingerprint density at radius 1 is 1.45 bits per heavy atom. The van der Waals surface area contributed by atoms with Crippen molar-refractivity contribution in [1.82, 2.24) is 14.9 Å². The Labute approximate surface area is 126 Å². The third-order valence-electron chi connectivity index (χ3n) is 3.17. The fourth-order valence-corrected chi connectivity index (χ4v) is 2.94. The van der Waals surface area contributed by atoms with Crippen LogP contribution in [-0.2, 0) is 6.54 Å². The van der Waals surface area contributed by atoms with Crippen molar-refractivity contribution in [2.45, 2.75) is 20.4 Å². The summed E-state index contributed by atoms with van der Waals surface area (Å²) in [6.07, 6.45) is 0. The van der Waals surface area contributed by atoms with Gasteiger partial charge in [0.1, 0.15) is 0 Å². The molecule has 0 saturated heterocycles. The van der Waals surface area contributed by atoms with Crippen LogP contribution in [-0.4, -0.2) is 28.6 Å². The smallest absolute Gasteiger partial charge is 0.210 e. The first kappa shape index (κ1) is 13.4. The van der Waals surface area contributed by atoms with Gasteiger partial charge in [-0.1, -0.05) is 19.9 Å². The molecule has 0 saturated carbocycles. The molecule has 0 amide bonds. The number of hydrogen-bond donors (Lipinski definition) is 2. The summed E-state index contributed by atoms with van der Waals surface area (Å²) in [4.78, 5) is 9.06. The Morgan fingerprint density at radius 3 is 3.00 bits per heavy atom. The highest BCUT2D eigenvalue weighted by Gasteiger charge is 2.16. The second-order valence-electron chi connectivity index (χ2n) is 5.33. The zero-order valence-electron chi connectivity index (χ0n) is 11.7. The summed E-state index contributed by atoms with van der Waals surface area (Å²) in [7, 11) is 0. The molecule has 0 radical (unpaired) electrons. The van der Waals surface area contributed by atoms with E-state index < -0.39 is 0 Å². The molecule has 20 heavy (non-hydrogen) atoms. The van der Waals surface area contributed by atoms with Crippen molar-refractivity contribution in [3.63, 3.8) is 0 Å². The largest absolute Gasteiger partial charge is 0.354 e. The second-order valence-corrected chi connectivity index (χ2v) is 6.18. The Kier molecular flexibility index (Phi) is 3.65. The number of rotatable bonds is 3. The second kappa shape index (κ2) is 5.44. The Balaban J connectivity index is 2.07. The van der Waals surface area contributed by atoms with Crippen LogP contribution in [0.1, 0.15) is 13.8 Å². The van der Waals surface area contributed by atoms with Gasteiger partial charge in [-0.2, -0.15) is 0 Å². The van der Waals surface area contributed by atoms with E-state index in [1.54, 1.807) is 0 Å². The van der Waals surface area contributed by atoms with E-state index >= 15 is 0 Å². The molecule has 0 atom stereocenters. The van der Waals surface area contributed by atoms with E-state index in [1.165, 1.54) is 0 Å². The number of benzene rings is 1. The lowest BCUT2D eigenvalue weighted by atomic mass is 10.2. The highest BCUT2D eigenvalue weighted by molar-refractivity contribution is 9.10.